The summed E-state index contributed by atoms with van der Waals surface area (Å²) in [7, 11) is 0. The van der Waals surface area contributed by atoms with E-state index in [-0.39, 0.29) is 5.75 Å². The van der Waals surface area contributed by atoms with Crippen molar-refractivity contribution in [3.63, 3.8) is 0 Å². The smallest absolute Gasteiger partial charge is 0.261 e. The summed E-state index contributed by atoms with van der Waals surface area (Å²) in [6, 6.07) is 1.63. The summed E-state index contributed by atoms with van der Waals surface area (Å²) < 4.78 is 4.97. The molecule has 0 radical (unpaired) electrons. The summed E-state index contributed by atoms with van der Waals surface area (Å²) >= 11 is 0. The van der Waals surface area contributed by atoms with Gasteiger partial charge >= 0.3 is 0 Å². The van der Waals surface area contributed by atoms with Gasteiger partial charge in [0.25, 0.3) is 5.89 Å². The van der Waals surface area contributed by atoms with Crippen molar-refractivity contribution in [3.05, 3.63) is 24.3 Å². The van der Waals surface area contributed by atoms with Crippen LogP contribution in [0.3, 0.4) is 0 Å². The Morgan fingerprint density at radius 3 is 3.00 bits per heavy atom. The Hall–Kier alpha value is -1.91. The van der Waals surface area contributed by atoms with Crippen LogP contribution < -0.4 is 0 Å². The van der Waals surface area contributed by atoms with E-state index in [1.54, 1.807) is 12.3 Å². The van der Waals surface area contributed by atoms with Crippen molar-refractivity contribution >= 4 is 0 Å². The highest BCUT2D eigenvalue weighted by atomic mass is 16.5. The van der Waals surface area contributed by atoms with E-state index >= 15 is 0 Å². The minimum Gasteiger partial charge on any atom is -0.505 e. The van der Waals surface area contributed by atoms with Crippen LogP contribution in [0.5, 0.6) is 5.75 Å². The maximum atomic E-state index is 9.46. The van der Waals surface area contributed by atoms with Crippen LogP contribution >= 0.6 is 0 Å². The maximum absolute atomic E-state index is 9.46. The molecule has 0 aliphatic rings. The number of aryl methyl sites for hydroxylation is 1. The van der Waals surface area contributed by atoms with E-state index in [1.165, 1.54) is 6.20 Å². The van der Waals surface area contributed by atoms with Crippen LogP contribution in [0, 0.1) is 0 Å². The van der Waals surface area contributed by atoms with Crippen LogP contribution in [-0.4, -0.2) is 20.2 Å². The van der Waals surface area contributed by atoms with Gasteiger partial charge in [-0.2, -0.15) is 4.98 Å². The SMILES string of the molecule is CCc1noc(-c2ccncc2O)n1. The van der Waals surface area contributed by atoms with Crippen molar-refractivity contribution in [1.82, 2.24) is 15.1 Å². The van der Waals surface area contributed by atoms with E-state index in [2.05, 4.69) is 15.1 Å². The summed E-state index contributed by atoms with van der Waals surface area (Å²) in [6.07, 6.45) is 3.60. The lowest BCUT2D eigenvalue weighted by atomic mass is 10.2. The summed E-state index contributed by atoms with van der Waals surface area (Å²) in [5.74, 6) is 0.983. The van der Waals surface area contributed by atoms with Crippen molar-refractivity contribution in [2.24, 2.45) is 0 Å². The second-order valence-electron chi connectivity index (χ2n) is 2.76. The molecule has 72 valence electrons. The second kappa shape index (κ2) is 3.45. The van der Waals surface area contributed by atoms with Crippen molar-refractivity contribution in [3.8, 4) is 17.2 Å². The highest BCUT2D eigenvalue weighted by molar-refractivity contribution is 5.60. The zero-order valence-electron chi connectivity index (χ0n) is 7.64. The first kappa shape index (κ1) is 8.68. The molecule has 2 aromatic heterocycles. The number of aromatic nitrogens is 3. The molecule has 0 atom stereocenters. The van der Waals surface area contributed by atoms with Gasteiger partial charge in [-0.25, -0.2) is 0 Å². The highest BCUT2D eigenvalue weighted by Gasteiger charge is 2.11. The van der Waals surface area contributed by atoms with Gasteiger partial charge in [-0.3, -0.25) is 4.98 Å². The molecule has 0 saturated carbocycles. The first-order chi connectivity index (χ1) is 6.81. The standard InChI is InChI=1S/C9H9N3O2/c1-2-8-11-9(14-12-8)6-3-4-10-5-7(6)13/h3-5,13H,2H2,1H3. The van der Waals surface area contributed by atoms with Gasteiger partial charge in [0.1, 0.15) is 5.75 Å². The van der Waals surface area contributed by atoms with Crippen LogP contribution in [0.15, 0.2) is 23.0 Å². The van der Waals surface area contributed by atoms with Crippen molar-refractivity contribution in [2.75, 3.05) is 0 Å². The lowest BCUT2D eigenvalue weighted by Crippen LogP contribution is -1.83. The van der Waals surface area contributed by atoms with E-state index in [4.69, 9.17) is 4.52 Å². The van der Waals surface area contributed by atoms with Gasteiger partial charge in [0.15, 0.2) is 5.82 Å². The Labute approximate surface area is 80.4 Å². The first-order valence-electron chi connectivity index (χ1n) is 4.27. The average Bonchev–Trinajstić information content (AvgIpc) is 2.67. The van der Waals surface area contributed by atoms with E-state index < -0.39 is 0 Å². The molecule has 5 nitrogen and oxygen atoms in total. The molecule has 2 aromatic rings. The lowest BCUT2D eigenvalue weighted by molar-refractivity contribution is 0.417. The van der Waals surface area contributed by atoms with E-state index in [1.807, 2.05) is 6.92 Å². The lowest BCUT2D eigenvalue weighted by Gasteiger charge is -1.95. The molecule has 2 heterocycles. The van der Waals surface area contributed by atoms with Crippen molar-refractivity contribution < 1.29 is 9.63 Å². The fourth-order valence-electron chi connectivity index (χ4n) is 1.07. The molecule has 0 aliphatic heterocycles. The van der Waals surface area contributed by atoms with Crippen LogP contribution in [0.2, 0.25) is 0 Å². The van der Waals surface area contributed by atoms with Crippen LogP contribution in [0.4, 0.5) is 0 Å². The maximum Gasteiger partial charge on any atom is 0.261 e. The minimum atomic E-state index is 0.0406. The molecule has 0 spiro atoms. The molecule has 5 heteroatoms. The van der Waals surface area contributed by atoms with Gasteiger partial charge in [0.05, 0.1) is 11.8 Å². The molecule has 0 fully saturated rings. The molecular formula is C9H9N3O2. The number of hydrogen-bond acceptors (Lipinski definition) is 5. The summed E-state index contributed by atoms with van der Waals surface area (Å²) in [5.41, 5.74) is 0.507. The molecule has 0 unspecified atom stereocenters. The minimum absolute atomic E-state index is 0.0406. The zero-order valence-corrected chi connectivity index (χ0v) is 7.64. The number of nitrogens with zero attached hydrogens (tertiary/aromatic N) is 3. The Balaban J connectivity index is 2.44. The number of rotatable bonds is 2. The van der Waals surface area contributed by atoms with Crippen LogP contribution in [-0.2, 0) is 6.42 Å². The first-order valence-corrected chi connectivity index (χ1v) is 4.27. The highest BCUT2D eigenvalue weighted by Crippen LogP contribution is 2.25. The average molecular weight is 191 g/mol. The van der Waals surface area contributed by atoms with Gasteiger partial charge in [0, 0.05) is 12.6 Å². The van der Waals surface area contributed by atoms with Gasteiger partial charge in [-0.1, -0.05) is 12.1 Å². The number of hydrogen-bond donors (Lipinski definition) is 1. The van der Waals surface area contributed by atoms with E-state index in [0.29, 0.717) is 23.7 Å². The molecule has 14 heavy (non-hydrogen) atoms. The third-order valence-corrected chi connectivity index (χ3v) is 1.81. The fourth-order valence-corrected chi connectivity index (χ4v) is 1.07. The predicted molar refractivity (Wildman–Crippen MR) is 48.6 cm³/mol. The molecule has 0 aromatic carbocycles. The van der Waals surface area contributed by atoms with Crippen molar-refractivity contribution in [2.45, 2.75) is 13.3 Å². The molecule has 0 bridgehead atoms. The topological polar surface area (TPSA) is 72.0 Å². The number of pyridine rings is 1. The largest absolute Gasteiger partial charge is 0.505 e. The fraction of sp³-hybridized carbons (Fsp3) is 0.222. The van der Waals surface area contributed by atoms with Gasteiger partial charge in [0.2, 0.25) is 0 Å². The monoisotopic (exact) mass is 191 g/mol. The Bertz CT molecular complexity index is 439. The molecule has 0 aliphatic carbocycles. The van der Waals surface area contributed by atoms with E-state index in [9.17, 15) is 5.11 Å². The molecule has 0 amide bonds. The zero-order chi connectivity index (χ0) is 9.97. The van der Waals surface area contributed by atoms with Gasteiger partial charge in [-0.05, 0) is 6.07 Å². The Morgan fingerprint density at radius 1 is 1.50 bits per heavy atom. The molecule has 2 rings (SSSR count). The predicted octanol–water partition coefficient (Wildman–Crippen LogP) is 1.40. The van der Waals surface area contributed by atoms with Gasteiger partial charge < -0.3 is 9.63 Å². The van der Waals surface area contributed by atoms with Crippen molar-refractivity contribution in [1.29, 1.82) is 0 Å². The molecular weight excluding hydrogens is 182 g/mol. The summed E-state index contributed by atoms with van der Waals surface area (Å²) in [4.78, 5) is 7.85. The van der Waals surface area contributed by atoms with Crippen LogP contribution in [0.25, 0.3) is 11.5 Å². The number of aromatic hydroxyl groups is 1. The third kappa shape index (κ3) is 1.44. The molecule has 1 N–H and O–H groups in total. The Morgan fingerprint density at radius 2 is 2.36 bits per heavy atom. The quantitative estimate of drug-likeness (QED) is 0.776. The van der Waals surface area contributed by atoms with Crippen LogP contribution in [0.1, 0.15) is 12.7 Å². The van der Waals surface area contributed by atoms with Gasteiger partial charge in [-0.15, -0.1) is 0 Å². The third-order valence-electron chi connectivity index (χ3n) is 1.81. The molecule has 0 saturated heterocycles. The summed E-state index contributed by atoms with van der Waals surface area (Å²) in [5, 5.41) is 13.2. The second-order valence-corrected chi connectivity index (χ2v) is 2.76. The Kier molecular flexibility index (Phi) is 2.14. The van der Waals surface area contributed by atoms with E-state index in [0.717, 1.165) is 0 Å². The normalized spacial score (nSPS) is 10.4. The summed E-state index contributed by atoms with van der Waals surface area (Å²) in [6.45, 7) is 1.93.